The largest absolute Gasteiger partial charge is 0.392 e. The van der Waals surface area contributed by atoms with Crippen LogP contribution in [0.25, 0.3) is 0 Å². The summed E-state index contributed by atoms with van der Waals surface area (Å²) in [7, 11) is 0. The number of aryl methyl sites for hydroxylation is 1. The van der Waals surface area contributed by atoms with E-state index in [9.17, 15) is 5.11 Å². The molecule has 0 radical (unpaired) electrons. The van der Waals surface area contributed by atoms with Crippen molar-refractivity contribution in [1.82, 2.24) is 0 Å². The second-order valence-corrected chi connectivity index (χ2v) is 3.62. The van der Waals surface area contributed by atoms with Crippen molar-refractivity contribution in [3.05, 3.63) is 42.0 Å². The van der Waals surface area contributed by atoms with Crippen molar-refractivity contribution in [2.75, 3.05) is 18.0 Å². The molecule has 2 nitrogen and oxygen atoms in total. The van der Waals surface area contributed by atoms with Crippen LogP contribution in [-0.2, 0) is 6.61 Å². The van der Waals surface area contributed by atoms with Gasteiger partial charge in [0.2, 0.25) is 0 Å². The van der Waals surface area contributed by atoms with Crippen LogP contribution >= 0.6 is 0 Å². The van der Waals surface area contributed by atoms with Gasteiger partial charge in [-0.3, -0.25) is 0 Å². The van der Waals surface area contributed by atoms with Crippen molar-refractivity contribution in [2.24, 2.45) is 0 Å². The van der Waals surface area contributed by atoms with Crippen LogP contribution in [0.5, 0.6) is 0 Å². The van der Waals surface area contributed by atoms with E-state index in [1.807, 2.05) is 19.1 Å². The lowest BCUT2D eigenvalue weighted by Gasteiger charge is -2.24. The molecule has 0 unspecified atom stereocenters. The van der Waals surface area contributed by atoms with E-state index in [2.05, 4.69) is 30.5 Å². The van der Waals surface area contributed by atoms with Crippen LogP contribution in [0, 0.1) is 6.92 Å². The van der Waals surface area contributed by atoms with Crippen LogP contribution in [0.4, 0.5) is 5.69 Å². The third-order valence-electron chi connectivity index (χ3n) is 2.48. The monoisotopic (exact) mass is 205 g/mol. The standard InChI is InChI=1S/C13H19NO/c1-4-8-14(5-2)13-7-6-11(3)9-12(13)10-15/h4,6-7,9,15H,1,5,8,10H2,2-3H3. The van der Waals surface area contributed by atoms with Crippen molar-refractivity contribution in [3.8, 4) is 0 Å². The summed E-state index contributed by atoms with van der Waals surface area (Å²) in [5, 5.41) is 9.30. The highest BCUT2D eigenvalue weighted by atomic mass is 16.3. The van der Waals surface area contributed by atoms with Gasteiger partial charge in [0.15, 0.2) is 0 Å². The fraction of sp³-hybridized carbons (Fsp3) is 0.385. The Balaban J connectivity index is 3.04. The number of hydrogen-bond donors (Lipinski definition) is 1. The zero-order valence-electron chi connectivity index (χ0n) is 9.53. The third-order valence-corrected chi connectivity index (χ3v) is 2.48. The molecule has 0 aliphatic heterocycles. The molecule has 1 N–H and O–H groups in total. The van der Waals surface area contributed by atoms with E-state index < -0.39 is 0 Å². The first-order valence-electron chi connectivity index (χ1n) is 5.29. The van der Waals surface area contributed by atoms with Gasteiger partial charge in [-0.05, 0) is 19.9 Å². The maximum Gasteiger partial charge on any atom is 0.0702 e. The Morgan fingerprint density at radius 2 is 2.20 bits per heavy atom. The van der Waals surface area contributed by atoms with E-state index in [1.165, 1.54) is 5.56 Å². The van der Waals surface area contributed by atoms with Crippen molar-refractivity contribution in [3.63, 3.8) is 0 Å². The van der Waals surface area contributed by atoms with Crippen LogP contribution in [0.2, 0.25) is 0 Å². The first kappa shape index (κ1) is 11.8. The minimum absolute atomic E-state index is 0.0880. The van der Waals surface area contributed by atoms with Gasteiger partial charge in [0.1, 0.15) is 0 Å². The van der Waals surface area contributed by atoms with Gasteiger partial charge < -0.3 is 10.0 Å². The van der Waals surface area contributed by atoms with Crippen molar-refractivity contribution in [2.45, 2.75) is 20.5 Å². The van der Waals surface area contributed by atoms with Crippen LogP contribution in [0.3, 0.4) is 0 Å². The molecule has 1 rings (SSSR count). The van der Waals surface area contributed by atoms with Crippen LogP contribution in [0.1, 0.15) is 18.1 Å². The van der Waals surface area contributed by atoms with Gasteiger partial charge in [-0.1, -0.05) is 23.8 Å². The van der Waals surface area contributed by atoms with Gasteiger partial charge >= 0.3 is 0 Å². The molecule has 0 saturated heterocycles. The van der Waals surface area contributed by atoms with Crippen molar-refractivity contribution >= 4 is 5.69 Å². The van der Waals surface area contributed by atoms with Gasteiger partial charge in [0.25, 0.3) is 0 Å². The number of benzene rings is 1. The lowest BCUT2D eigenvalue weighted by atomic mass is 10.1. The molecular formula is C13H19NO. The second kappa shape index (κ2) is 5.56. The molecule has 1 aromatic carbocycles. The van der Waals surface area contributed by atoms with Crippen molar-refractivity contribution in [1.29, 1.82) is 0 Å². The molecule has 0 spiro atoms. The van der Waals surface area contributed by atoms with Crippen LogP contribution in [0.15, 0.2) is 30.9 Å². The summed E-state index contributed by atoms with van der Waals surface area (Å²) < 4.78 is 0. The first-order chi connectivity index (χ1) is 7.22. The summed E-state index contributed by atoms with van der Waals surface area (Å²) in [6.45, 7) is 9.70. The summed E-state index contributed by atoms with van der Waals surface area (Å²) in [5.41, 5.74) is 3.27. The molecule has 0 heterocycles. The Labute approximate surface area is 91.9 Å². The Kier molecular flexibility index (Phi) is 4.37. The Hall–Kier alpha value is -1.28. The zero-order chi connectivity index (χ0) is 11.3. The number of hydrogen-bond acceptors (Lipinski definition) is 2. The van der Waals surface area contributed by atoms with E-state index >= 15 is 0 Å². The minimum atomic E-state index is 0.0880. The molecular weight excluding hydrogens is 186 g/mol. The maximum absolute atomic E-state index is 9.30. The molecule has 0 aliphatic carbocycles. The summed E-state index contributed by atoms with van der Waals surface area (Å²) >= 11 is 0. The molecule has 0 bridgehead atoms. The Morgan fingerprint density at radius 3 is 2.73 bits per heavy atom. The SMILES string of the molecule is C=CCN(CC)c1ccc(C)cc1CO. The number of anilines is 1. The zero-order valence-corrected chi connectivity index (χ0v) is 9.53. The topological polar surface area (TPSA) is 23.5 Å². The molecule has 0 fully saturated rings. The van der Waals surface area contributed by atoms with Crippen molar-refractivity contribution < 1.29 is 5.11 Å². The predicted octanol–water partition coefficient (Wildman–Crippen LogP) is 2.50. The molecule has 2 heteroatoms. The predicted molar refractivity (Wildman–Crippen MR) is 65.2 cm³/mol. The van der Waals surface area contributed by atoms with Gasteiger partial charge in [0.05, 0.1) is 6.61 Å². The highest BCUT2D eigenvalue weighted by Gasteiger charge is 2.07. The van der Waals surface area contributed by atoms with Gasteiger partial charge in [-0.2, -0.15) is 0 Å². The fourth-order valence-corrected chi connectivity index (χ4v) is 1.70. The summed E-state index contributed by atoms with van der Waals surface area (Å²) in [6, 6.07) is 6.16. The number of aliphatic hydroxyl groups is 1. The molecule has 82 valence electrons. The Bertz CT molecular complexity index is 333. The lowest BCUT2D eigenvalue weighted by Crippen LogP contribution is -2.23. The summed E-state index contributed by atoms with van der Waals surface area (Å²) in [6.07, 6.45) is 1.88. The average molecular weight is 205 g/mol. The molecule has 0 aromatic heterocycles. The average Bonchev–Trinajstić information content (AvgIpc) is 2.26. The first-order valence-corrected chi connectivity index (χ1v) is 5.29. The highest BCUT2D eigenvalue weighted by molar-refractivity contribution is 5.55. The number of nitrogens with zero attached hydrogens (tertiary/aromatic N) is 1. The van der Waals surface area contributed by atoms with Gasteiger partial charge in [-0.25, -0.2) is 0 Å². The smallest absolute Gasteiger partial charge is 0.0702 e. The maximum atomic E-state index is 9.30. The van der Waals surface area contributed by atoms with Gasteiger partial charge in [-0.15, -0.1) is 6.58 Å². The molecule has 0 amide bonds. The normalized spacial score (nSPS) is 10.1. The van der Waals surface area contributed by atoms with E-state index in [0.717, 1.165) is 24.3 Å². The molecule has 0 saturated carbocycles. The second-order valence-electron chi connectivity index (χ2n) is 3.62. The molecule has 0 atom stereocenters. The number of likely N-dealkylation sites (N-methyl/N-ethyl adjacent to an activating group) is 1. The van der Waals surface area contributed by atoms with E-state index in [-0.39, 0.29) is 6.61 Å². The quantitative estimate of drug-likeness (QED) is 0.747. The Morgan fingerprint density at radius 1 is 1.47 bits per heavy atom. The lowest BCUT2D eigenvalue weighted by molar-refractivity contribution is 0.282. The van der Waals surface area contributed by atoms with E-state index in [4.69, 9.17) is 0 Å². The highest BCUT2D eigenvalue weighted by Crippen LogP contribution is 2.21. The summed E-state index contributed by atoms with van der Waals surface area (Å²) in [4.78, 5) is 2.19. The van der Waals surface area contributed by atoms with Crippen LogP contribution in [-0.4, -0.2) is 18.2 Å². The summed E-state index contributed by atoms with van der Waals surface area (Å²) in [5.74, 6) is 0. The van der Waals surface area contributed by atoms with Crippen LogP contribution < -0.4 is 4.90 Å². The number of aliphatic hydroxyl groups excluding tert-OH is 1. The van der Waals surface area contributed by atoms with E-state index in [0.29, 0.717) is 0 Å². The fourth-order valence-electron chi connectivity index (χ4n) is 1.70. The minimum Gasteiger partial charge on any atom is -0.392 e. The van der Waals surface area contributed by atoms with E-state index in [1.54, 1.807) is 0 Å². The molecule has 0 aliphatic rings. The number of rotatable bonds is 5. The third kappa shape index (κ3) is 2.83. The van der Waals surface area contributed by atoms with Gasteiger partial charge in [0, 0.05) is 24.3 Å². The molecule has 1 aromatic rings. The molecule has 15 heavy (non-hydrogen) atoms.